The minimum atomic E-state index is -4.16. The minimum Gasteiger partial charge on any atom is -0.495 e. The number of fused-ring (bicyclic) bond motifs is 1. The fraction of sp³-hybridized carbons (Fsp3) is 0.136. The second-order valence-electron chi connectivity index (χ2n) is 7.03. The lowest BCUT2D eigenvalue weighted by Crippen LogP contribution is -2.37. The molecule has 176 valence electrons. The third-order valence-corrected chi connectivity index (χ3v) is 7.23. The number of sulfonamides is 1. The van der Waals surface area contributed by atoms with E-state index in [1.54, 1.807) is 42.5 Å². The number of halogens is 1. The molecule has 0 unspecified atom stereocenters. The van der Waals surface area contributed by atoms with Crippen molar-refractivity contribution < 1.29 is 22.7 Å². The predicted octanol–water partition coefficient (Wildman–Crippen LogP) is 4.02. The first-order valence-corrected chi connectivity index (χ1v) is 12.4. The van der Waals surface area contributed by atoms with Gasteiger partial charge in [-0.15, -0.1) is 0 Å². The second kappa shape index (κ2) is 9.94. The molecule has 34 heavy (non-hydrogen) atoms. The van der Waals surface area contributed by atoms with Gasteiger partial charge >= 0.3 is 0 Å². The van der Waals surface area contributed by atoms with Gasteiger partial charge in [0.2, 0.25) is 15.9 Å². The highest BCUT2D eigenvalue weighted by Crippen LogP contribution is 2.36. The molecule has 0 bridgehead atoms. The number of carbonyl (C=O) groups is 1. The molecule has 1 aromatic heterocycles. The molecule has 9 nitrogen and oxygen atoms in total. The van der Waals surface area contributed by atoms with E-state index in [1.165, 1.54) is 32.4 Å². The molecule has 1 heterocycles. The Morgan fingerprint density at radius 2 is 1.74 bits per heavy atom. The normalized spacial score (nSPS) is 12.3. The molecule has 0 aliphatic heterocycles. The summed E-state index contributed by atoms with van der Waals surface area (Å²) in [6, 6.07) is 14.9. The Labute approximate surface area is 205 Å². The van der Waals surface area contributed by atoms with Gasteiger partial charge < -0.3 is 14.8 Å². The Bertz CT molecular complexity index is 1440. The van der Waals surface area contributed by atoms with Crippen LogP contribution >= 0.6 is 23.3 Å². The number of nitrogens with zero attached hydrogens (tertiary/aromatic N) is 2. The number of hydrogen-bond acceptors (Lipinski definition) is 8. The summed E-state index contributed by atoms with van der Waals surface area (Å²) in [5, 5.41) is 2.95. The molecule has 0 saturated heterocycles. The maximum atomic E-state index is 13.4. The molecule has 0 spiro atoms. The Morgan fingerprint density at radius 3 is 2.44 bits per heavy atom. The van der Waals surface area contributed by atoms with Gasteiger partial charge in [0.25, 0.3) is 0 Å². The van der Waals surface area contributed by atoms with Crippen molar-refractivity contribution >= 4 is 56.0 Å². The Hall–Kier alpha value is -3.25. The van der Waals surface area contributed by atoms with Gasteiger partial charge in [-0.05, 0) is 23.8 Å². The number of rotatable bonds is 8. The van der Waals surface area contributed by atoms with Crippen LogP contribution in [0.4, 0.5) is 5.69 Å². The minimum absolute atomic E-state index is 0.0717. The molecular formula is C22H19ClN4O5S2. The van der Waals surface area contributed by atoms with Crippen LogP contribution in [-0.2, 0) is 14.8 Å². The van der Waals surface area contributed by atoms with Gasteiger partial charge in [-0.3, -0.25) is 4.79 Å². The number of carbonyl (C=O) groups excluding carboxylic acids is 1. The summed E-state index contributed by atoms with van der Waals surface area (Å²) in [6.07, 6.45) is 0. The average molecular weight is 519 g/mol. The summed E-state index contributed by atoms with van der Waals surface area (Å²) in [4.78, 5) is 13.3. The number of benzene rings is 3. The van der Waals surface area contributed by atoms with E-state index in [0.29, 0.717) is 22.6 Å². The lowest BCUT2D eigenvalue weighted by atomic mass is 10.1. The highest BCUT2D eigenvalue weighted by molar-refractivity contribution is 7.89. The number of anilines is 1. The highest BCUT2D eigenvalue weighted by Gasteiger charge is 2.30. The third-order valence-electron chi connectivity index (χ3n) is 4.94. The van der Waals surface area contributed by atoms with Crippen molar-refractivity contribution in [3.05, 3.63) is 71.2 Å². The van der Waals surface area contributed by atoms with Gasteiger partial charge in [-0.25, -0.2) is 8.42 Å². The highest BCUT2D eigenvalue weighted by atomic mass is 35.5. The molecule has 12 heteroatoms. The molecule has 0 aliphatic rings. The van der Waals surface area contributed by atoms with Crippen LogP contribution in [0.5, 0.6) is 11.5 Å². The van der Waals surface area contributed by atoms with Gasteiger partial charge in [-0.2, -0.15) is 13.5 Å². The first-order valence-electron chi connectivity index (χ1n) is 9.85. The standard InChI is InChI=1S/C22H19ClN4O5S2/c1-31-17-12-18(32-2)16(11-14(17)23)24-22(28)20(13-7-4-3-5-8-13)27-34(29,30)19-10-6-9-15-21(19)26-33-25-15/h3-12,20,27H,1-2H3,(H,24,28)/t20-/m1/s1. The van der Waals surface area contributed by atoms with Crippen LogP contribution in [0.25, 0.3) is 11.0 Å². The molecular weight excluding hydrogens is 500 g/mol. The summed E-state index contributed by atoms with van der Waals surface area (Å²) < 4.78 is 47.9. The lowest BCUT2D eigenvalue weighted by Gasteiger charge is -2.20. The third kappa shape index (κ3) is 4.82. The van der Waals surface area contributed by atoms with E-state index in [2.05, 4.69) is 18.8 Å². The smallest absolute Gasteiger partial charge is 0.247 e. The fourth-order valence-corrected chi connectivity index (χ4v) is 5.49. The Balaban J connectivity index is 1.71. The van der Waals surface area contributed by atoms with E-state index in [1.807, 2.05) is 0 Å². The van der Waals surface area contributed by atoms with Gasteiger partial charge in [-0.1, -0.05) is 48.0 Å². The van der Waals surface area contributed by atoms with Crippen molar-refractivity contribution in [3.8, 4) is 11.5 Å². The van der Waals surface area contributed by atoms with Crippen LogP contribution in [0.1, 0.15) is 11.6 Å². The largest absolute Gasteiger partial charge is 0.495 e. The van der Waals surface area contributed by atoms with Gasteiger partial charge in [0, 0.05) is 6.07 Å². The van der Waals surface area contributed by atoms with E-state index in [-0.39, 0.29) is 21.1 Å². The SMILES string of the molecule is COc1cc(OC)c(NC(=O)[C@H](NS(=O)(=O)c2cccc3nsnc23)c2ccccc2)cc1Cl. The summed E-state index contributed by atoms with van der Waals surface area (Å²) in [5.74, 6) is 0.0160. The number of hydrogen-bond donors (Lipinski definition) is 2. The Kier molecular flexibility index (Phi) is 6.98. The van der Waals surface area contributed by atoms with E-state index in [4.69, 9.17) is 21.1 Å². The number of ether oxygens (including phenoxy) is 2. The second-order valence-corrected chi connectivity index (χ2v) is 9.65. The predicted molar refractivity (Wildman–Crippen MR) is 130 cm³/mol. The van der Waals surface area contributed by atoms with Crippen molar-refractivity contribution in [1.82, 2.24) is 13.5 Å². The topological polar surface area (TPSA) is 120 Å². The first-order chi connectivity index (χ1) is 16.3. The average Bonchev–Trinajstić information content (AvgIpc) is 3.32. The molecule has 0 aliphatic carbocycles. The van der Waals surface area contributed by atoms with Crippen LogP contribution < -0.4 is 19.5 Å². The maximum Gasteiger partial charge on any atom is 0.247 e. The van der Waals surface area contributed by atoms with Crippen molar-refractivity contribution in [3.63, 3.8) is 0 Å². The number of amides is 1. The summed E-state index contributed by atoms with van der Waals surface area (Å²) >= 11 is 7.12. The van der Waals surface area contributed by atoms with E-state index >= 15 is 0 Å². The van der Waals surface area contributed by atoms with Crippen LogP contribution in [0.15, 0.2) is 65.6 Å². The zero-order valence-electron chi connectivity index (χ0n) is 18.0. The summed E-state index contributed by atoms with van der Waals surface area (Å²) in [5.41, 5.74) is 1.37. The Morgan fingerprint density at radius 1 is 1.00 bits per heavy atom. The van der Waals surface area contributed by atoms with Crippen LogP contribution in [0, 0.1) is 0 Å². The zero-order valence-corrected chi connectivity index (χ0v) is 20.4. The van der Waals surface area contributed by atoms with Gasteiger partial charge in [0.05, 0.1) is 36.7 Å². The van der Waals surface area contributed by atoms with Crippen molar-refractivity contribution in [1.29, 1.82) is 0 Å². The molecule has 0 fully saturated rings. The van der Waals surface area contributed by atoms with Gasteiger partial charge in [0.1, 0.15) is 33.5 Å². The summed E-state index contributed by atoms with van der Waals surface area (Å²) in [6.45, 7) is 0. The molecule has 1 amide bonds. The van der Waals surface area contributed by atoms with Crippen LogP contribution in [-0.4, -0.2) is 37.3 Å². The maximum absolute atomic E-state index is 13.4. The molecule has 0 saturated carbocycles. The van der Waals surface area contributed by atoms with Crippen molar-refractivity contribution in [2.75, 3.05) is 19.5 Å². The molecule has 2 N–H and O–H groups in total. The van der Waals surface area contributed by atoms with E-state index in [9.17, 15) is 13.2 Å². The van der Waals surface area contributed by atoms with Crippen molar-refractivity contribution in [2.45, 2.75) is 10.9 Å². The van der Waals surface area contributed by atoms with Crippen LogP contribution in [0.3, 0.4) is 0 Å². The quantitative estimate of drug-likeness (QED) is 0.361. The van der Waals surface area contributed by atoms with Crippen LogP contribution in [0.2, 0.25) is 5.02 Å². The number of nitrogens with one attached hydrogen (secondary N) is 2. The van der Waals surface area contributed by atoms with Crippen molar-refractivity contribution in [2.24, 2.45) is 0 Å². The van der Waals surface area contributed by atoms with Gasteiger partial charge in [0.15, 0.2) is 0 Å². The van der Waals surface area contributed by atoms with E-state index in [0.717, 1.165) is 11.7 Å². The first kappa shape index (κ1) is 23.9. The monoisotopic (exact) mass is 518 g/mol. The molecule has 3 aromatic carbocycles. The zero-order chi connectivity index (χ0) is 24.3. The molecule has 0 radical (unpaired) electrons. The summed E-state index contributed by atoms with van der Waals surface area (Å²) in [7, 11) is -1.28. The molecule has 1 atom stereocenters. The fourth-order valence-electron chi connectivity index (χ4n) is 3.30. The number of methoxy groups -OCH3 is 2. The molecule has 4 rings (SSSR count). The van der Waals surface area contributed by atoms with E-state index < -0.39 is 22.0 Å². The molecule has 4 aromatic rings. The number of aromatic nitrogens is 2. The lowest BCUT2D eigenvalue weighted by molar-refractivity contribution is -0.117.